The number of carbonyl (C=O) groups is 1. The van der Waals surface area contributed by atoms with Gasteiger partial charge in [0.15, 0.2) is 0 Å². The van der Waals surface area contributed by atoms with Crippen molar-refractivity contribution in [2.24, 2.45) is 5.92 Å². The SMILES string of the molecule is CC(C)C(=O)N1C[C@@H]2C[C@H]1c1c(O)n(-c3cnc(C#N)c4ccccc34)c(=O)n12. The first kappa shape index (κ1) is 17.5. The maximum atomic E-state index is 13.3. The van der Waals surface area contributed by atoms with Gasteiger partial charge >= 0.3 is 5.69 Å². The first-order valence-corrected chi connectivity index (χ1v) is 9.58. The standard InChI is InChI=1S/C21H19N5O3/c1-11(2)19(27)24-10-12-7-16(24)18-20(28)26(21(29)25(12)18)17-9-23-15(8-22)13-5-3-4-6-14(13)17/h3-6,9,11-12,16,28H,7,10H2,1-2H3/t12-,16-/m0/s1. The lowest BCUT2D eigenvalue weighted by Gasteiger charge is -2.29. The molecule has 2 aliphatic heterocycles. The first-order valence-electron chi connectivity index (χ1n) is 9.58. The van der Waals surface area contributed by atoms with Crippen molar-refractivity contribution in [2.75, 3.05) is 6.54 Å². The van der Waals surface area contributed by atoms with E-state index in [0.717, 1.165) is 0 Å². The van der Waals surface area contributed by atoms with Crippen LogP contribution in [-0.2, 0) is 4.79 Å². The number of aromatic nitrogens is 3. The van der Waals surface area contributed by atoms with Crippen LogP contribution in [0.3, 0.4) is 0 Å². The van der Waals surface area contributed by atoms with Crippen LogP contribution in [0.5, 0.6) is 5.88 Å². The van der Waals surface area contributed by atoms with Gasteiger partial charge in [-0.2, -0.15) is 5.26 Å². The Morgan fingerprint density at radius 1 is 1.31 bits per heavy atom. The minimum atomic E-state index is -0.349. The molecule has 1 fully saturated rings. The summed E-state index contributed by atoms with van der Waals surface area (Å²) >= 11 is 0. The lowest BCUT2D eigenvalue weighted by atomic mass is 10.1. The third-order valence-corrected chi connectivity index (χ3v) is 5.96. The number of amides is 1. The van der Waals surface area contributed by atoms with Crippen LogP contribution in [-0.4, -0.2) is 36.6 Å². The number of rotatable bonds is 2. The molecule has 1 aromatic carbocycles. The highest BCUT2D eigenvalue weighted by atomic mass is 16.3. The lowest BCUT2D eigenvalue weighted by molar-refractivity contribution is -0.136. The fourth-order valence-corrected chi connectivity index (χ4v) is 4.68. The molecule has 5 rings (SSSR count). The third-order valence-electron chi connectivity index (χ3n) is 5.96. The molecule has 2 bridgehead atoms. The molecule has 146 valence electrons. The molecular weight excluding hydrogens is 370 g/mol. The van der Waals surface area contributed by atoms with Crippen LogP contribution < -0.4 is 5.69 Å². The van der Waals surface area contributed by atoms with Crippen molar-refractivity contribution in [3.8, 4) is 17.6 Å². The molecule has 29 heavy (non-hydrogen) atoms. The molecule has 0 radical (unpaired) electrons. The second-order valence-corrected chi connectivity index (χ2v) is 7.90. The van der Waals surface area contributed by atoms with Crippen LogP contribution in [0.25, 0.3) is 16.5 Å². The summed E-state index contributed by atoms with van der Waals surface area (Å²) in [6, 6.07) is 8.78. The van der Waals surface area contributed by atoms with Crippen molar-refractivity contribution < 1.29 is 9.90 Å². The van der Waals surface area contributed by atoms with Gasteiger partial charge in [0.25, 0.3) is 0 Å². The van der Waals surface area contributed by atoms with E-state index in [9.17, 15) is 20.0 Å². The second kappa shape index (κ2) is 5.95. The van der Waals surface area contributed by atoms with Crippen LogP contribution >= 0.6 is 0 Å². The van der Waals surface area contributed by atoms with Gasteiger partial charge in [0.2, 0.25) is 11.8 Å². The minimum absolute atomic E-state index is 0.0221. The molecule has 0 aliphatic carbocycles. The van der Waals surface area contributed by atoms with Crippen LogP contribution in [0.15, 0.2) is 35.3 Å². The average Bonchev–Trinajstić information content (AvgIpc) is 3.38. The Balaban J connectivity index is 1.72. The Hall–Kier alpha value is -3.60. The zero-order chi connectivity index (χ0) is 20.4. The van der Waals surface area contributed by atoms with E-state index in [1.165, 1.54) is 10.8 Å². The Morgan fingerprint density at radius 2 is 2.03 bits per heavy atom. The Kier molecular flexibility index (Phi) is 3.59. The molecule has 0 unspecified atom stereocenters. The summed E-state index contributed by atoms with van der Waals surface area (Å²) < 4.78 is 2.85. The van der Waals surface area contributed by atoms with Gasteiger partial charge in [-0.05, 0) is 6.42 Å². The summed E-state index contributed by atoms with van der Waals surface area (Å²) in [4.78, 5) is 31.8. The van der Waals surface area contributed by atoms with E-state index < -0.39 is 0 Å². The molecule has 1 amide bonds. The normalized spacial score (nSPS) is 19.7. The van der Waals surface area contributed by atoms with Gasteiger partial charge in [0, 0.05) is 23.2 Å². The molecular formula is C21H19N5O3. The van der Waals surface area contributed by atoms with Crippen molar-refractivity contribution in [1.82, 2.24) is 19.0 Å². The summed E-state index contributed by atoms with van der Waals surface area (Å²) in [5.74, 6) is -0.292. The molecule has 4 heterocycles. The molecule has 8 nitrogen and oxygen atoms in total. The van der Waals surface area contributed by atoms with Gasteiger partial charge in [0.1, 0.15) is 17.5 Å². The second-order valence-electron chi connectivity index (χ2n) is 7.90. The highest BCUT2D eigenvalue weighted by molar-refractivity contribution is 5.93. The highest BCUT2D eigenvalue weighted by Gasteiger charge is 2.49. The number of nitrogens with zero attached hydrogens (tertiary/aromatic N) is 5. The summed E-state index contributed by atoms with van der Waals surface area (Å²) in [5, 5.41) is 21.6. The van der Waals surface area contributed by atoms with E-state index in [1.54, 1.807) is 27.7 Å². The summed E-state index contributed by atoms with van der Waals surface area (Å²) in [6.45, 7) is 4.17. The third kappa shape index (κ3) is 2.21. The number of hydrogen-bond donors (Lipinski definition) is 1. The van der Waals surface area contributed by atoms with Gasteiger partial charge in [0.05, 0.1) is 24.0 Å². The Morgan fingerprint density at radius 3 is 2.72 bits per heavy atom. The molecule has 2 atom stereocenters. The number of nitriles is 1. The Bertz CT molecular complexity index is 1280. The number of aromatic hydroxyl groups is 1. The molecule has 0 spiro atoms. The van der Waals surface area contributed by atoms with Crippen LogP contribution in [0.1, 0.15) is 43.7 Å². The van der Waals surface area contributed by atoms with Gasteiger partial charge in [-0.1, -0.05) is 38.1 Å². The van der Waals surface area contributed by atoms with Crippen molar-refractivity contribution in [2.45, 2.75) is 32.4 Å². The first-order chi connectivity index (χ1) is 13.9. The number of imidazole rings is 1. The summed E-state index contributed by atoms with van der Waals surface area (Å²) in [5.41, 5.74) is 0.814. The van der Waals surface area contributed by atoms with E-state index in [2.05, 4.69) is 11.1 Å². The zero-order valence-electron chi connectivity index (χ0n) is 16.0. The smallest absolute Gasteiger partial charge is 0.336 e. The topological polar surface area (TPSA) is 104 Å². The van der Waals surface area contributed by atoms with Crippen LogP contribution in [0.2, 0.25) is 0 Å². The van der Waals surface area contributed by atoms with Crippen molar-refractivity contribution in [3.63, 3.8) is 0 Å². The molecule has 0 saturated carbocycles. The van der Waals surface area contributed by atoms with Crippen molar-refractivity contribution in [3.05, 3.63) is 52.3 Å². The molecule has 8 heteroatoms. The molecule has 2 aliphatic rings. The monoisotopic (exact) mass is 389 g/mol. The number of benzene rings is 1. The van der Waals surface area contributed by atoms with Crippen molar-refractivity contribution in [1.29, 1.82) is 5.26 Å². The maximum Gasteiger partial charge on any atom is 0.336 e. The predicted octanol–water partition coefficient (Wildman–Crippen LogP) is 2.25. The number of likely N-dealkylation sites (tertiary alicyclic amines) is 1. The van der Waals surface area contributed by atoms with E-state index in [-0.39, 0.29) is 41.2 Å². The van der Waals surface area contributed by atoms with Crippen LogP contribution in [0, 0.1) is 17.2 Å². The van der Waals surface area contributed by atoms with E-state index in [1.807, 2.05) is 19.9 Å². The van der Waals surface area contributed by atoms with Gasteiger partial charge < -0.3 is 10.0 Å². The fraction of sp³-hybridized carbons (Fsp3) is 0.333. The molecule has 1 N–H and O–H groups in total. The number of hydrogen-bond acceptors (Lipinski definition) is 5. The highest BCUT2D eigenvalue weighted by Crippen LogP contribution is 2.49. The molecule has 2 aromatic heterocycles. The Labute approximate surface area is 166 Å². The largest absolute Gasteiger partial charge is 0.493 e. The quantitative estimate of drug-likeness (QED) is 0.724. The predicted molar refractivity (Wildman–Crippen MR) is 105 cm³/mol. The fourth-order valence-electron chi connectivity index (χ4n) is 4.68. The maximum absolute atomic E-state index is 13.3. The minimum Gasteiger partial charge on any atom is -0.493 e. The lowest BCUT2D eigenvalue weighted by Crippen LogP contribution is -2.39. The van der Waals surface area contributed by atoms with Crippen molar-refractivity contribution >= 4 is 16.7 Å². The number of pyridine rings is 1. The van der Waals surface area contributed by atoms with E-state index in [4.69, 9.17) is 0 Å². The van der Waals surface area contributed by atoms with E-state index >= 15 is 0 Å². The van der Waals surface area contributed by atoms with Gasteiger partial charge in [-0.3, -0.25) is 9.36 Å². The van der Waals surface area contributed by atoms with Crippen LogP contribution in [0.4, 0.5) is 0 Å². The van der Waals surface area contributed by atoms with Gasteiger partial charge in [-0.15, -0.1) is 0 Å². The summed E-state index contributed by atoms with van der Waals surface area (Å²) in [7, 11) is 0. The summed E-state index contributed by atoms with van der Waals surface area (Å²) in [6.07, 6.45) is 2.08. The molecule has 1 saturated heterocycles. The number of fused-ring (bicyclic) bond motifs is 6. The average molecular weight is 389 g/mol. The number of carbonyl (C=O) groups excluding carboxylic acids is 1. The van der Waals surface area contributed by atoms with E-state index in [0.29, 0.717) is 35.1 Å². The van der Waals surface area contributed by atoms with Gasteiger partial charge in [-0.25, -0.2) is 14.3 Å². The zero-order valence-corrected chi connectivity index (χ0v) is 16.0. The molecule has 3 aromatic rings.